The highest BCUT2D eigenvalue weighted by Crippen LogP contribution is 2.33. The van der Waals surface area contributed by atoms with Gasteiger partial charge in [-0.1, -0.05) is 41.4 Å². The van der Waals surface area contributed by atoms with Gasteiger partial charge in [0.05, 0.1) is 0 Å². The third kappa shape index (κ3) is 4.65. The van der Waals surface area contributed by atoms with Crippen molar-refractivity contribution in [2.24, 2.45) is 5.73 Å². The van der Waals surface area contributed by atoms with Crippen LogP contribution >= 0.6 is 23.4 Å². The number of aryl methyl sites for hydroxylation is 2. The van der Waals surface area contributed by atoms with Gasteiger partial charge in [0.2, 0.25) is 5.91 Å². The molecule has 25 heavy (non-hydrogen) atoms. The van der Waals surface area contributed by atoms with Crippen LogP contribution in [0.5, 0.6) is 0 Å². The molecule has 0 atom stereocenters. The zero-order chi connectivity index (χ0) is 17.8. The molecule has 4 nitrogen and oxygen atoms in total. The molecule has 0 saturated heterocycles. The van der Waals surface area contributed by atoms with Gasteiger partial charge in [-0.05, 0) is 43.0 Å². The molecule has 0 aliphatic heterocycles. The van der Waals surface area contributed by atoms with Gasteiger partial charge in [-0.25, -0.2) is 4.98 Å². The summed E-state index contributed by atoms with van der Waals surface area (Å²) in [7, 11) is 0. The van der Waals surface area contributed by atoms with Gasteiger partial charge in [0.1, 0.15) is 11.5 Å². The molecule has 0 unspecified atom stereocenters. The Bertz CT molecular complexity index is 873. The van der Waals surface area contributed by atoms with Crippen LogP contribution in [0.15, 0.2) is 63.1 Å². The third-order valence-corrected chi connectivity index (χ3v) is 4.73. The van der Waals surface area contributed by atoms with E-state index in [2.05, 4.69) is 4.98 Å². The van der Waals surface area contributed by atoms with E-state index in [1.54, 1.807) is 12.1 Å². The van der Waals surface area contributed by atoms with Gasteiger partial charge in [0, 0.05) is 28.3 Å². The smallest absolute Gasteiger partial charge is 0.261 e. The van der Waals surface area contributed by atoms with Crippen LogP contribution in [0.25, 0.3) is 11.3 Å². The number of rotatable bonds is 6. The zero-order valence-corrected chi connectivity index (χ0v) is 15.2. The van der Waals surface area contributed by atoms with Gasteiger partial charge in [0.25, 0.3) is 5.22 Å². The predicted octanol–water partition coefficient (Wildman–Crippen LogP) is 4.87. The number of hydrogen-bond donors (Lipinski definition) is 1. The largest absolute Gasteiger partial charge is 0.436 e. The molecule has 0 aliphatic rings. The van der Waals surface area contributed by atoms with Crippen LogP contribution < -0.4 is 5.73 Å². The van der Waals surface area contributed by atoms with Crippen molar-refractivity contribution in [1.82, 2.24) is 4.98 Å². The Morgan fingerprint density at radius 1 is 1.16 bits per heavy atom. The van der Waals surface area contributed by atoms with E-state index in [1.165, 1.54) is 17.3 Å². The fourth-order valence-electron chi connectivity index (χ4n) is 2.32. The van der Waals surface area contributed by atoms with E-state index in [-0.39, 0.29) is 12.3 Å². The zero-order valence-electron chi connectivity index (χ0n) is 13.7. The number of nitrogens with two attached hydrogens (primary N) is 1. The lowest BCUT2D eigenvalue weighted by Crippen LogP contribution is -2.11. The first-order valence-corrected chi connectivity index (χ1v) is 8.99. The molecule has 3 rings (SSSR count). The lowest BCUT2D eigenvalue weighted by molar-refractivity contribution is -0.118. The molecular formula is C19H17ClN2O2S. The first kappa shape index (κ1) is 17.6. The summed E-state index contributed by atoms with van der Waals surface area (Å²) in [6, 6.07) is 15.5. The van der Waals surface area contributed by atoms with Crippen molar-refractivity contribution in [1.29, 1.82) is 0 Å². The number of benzene rings is 2. The van der Waals surface area contributed by atoms with E-state index in [0.717, 1.165) is 10.5 Å². The molecule has 3 aromatic rings. The van der Waals surface area contributed by atoms with Crippen molar-refractivity contribution < 1.29 is 9.21 Å². The normalized spacial score (nSPS) is 10.8. The van der Waals surface area contributed by atoms with Gasteiger partial charge in [-0.15, -0.1) is 0 Å². The summed E-state index contributed by atoms with van der Waals surface area (Å²) in [6.07, 6.45) is 0.624. The second kappa shape index (κ2) is 7.76. The van der Waals surface area contributed by atoms with Crippen molar-refractivity contribution in [3.63, 3.8) is 0 Å². The molecule has 2 N–H and O–H groups in total. The van der Waals surface area contributed by atoms with Crippen molar-refractivity contribution in [2.75, 3.05) is 0 Å². The second-order valence-corrected chi connectivity index (χ2v) is 7.10. The Kier molecular flexibility index (Phi) is 5.46. The Morgan fingerprint density at radius 3 is 2.48 bits per heavy atom. The fourth-order valence-corrected chi connectivity index (χ4v) is 3.20. The summed E-state index contributed by atoms with van der Waals surface area (Å²) in [4.78, 5) is 16.8. The maximum atomic E-state index is 11.1. The van der Waals surface area contributed by atoms with E-state index >= 15 is 0 Å². The molecule has 0 aliphatic carbocycles. The second-order valence-electron chi connectivity index (χ2n) is 5.64. The van der Waals surface area contributed by atoms with Gasteiger partial charge >= 0.3 is 0 Å². The molecule has 1 amide bonds. The number of halogens is 1. The standard InChI is InChI=1S/C19H17ClN2O2S/c1-12-2-8-15(9-3-12)25-19-22-18(13-4-6-14(20)7-5-13)16(24-19)10-11-17(21)23/h2-9H,10-11H2,1H3,(H2,21,23). The van der Waals surface area contributed by atoms with Crippen LogP contribution in [0.4, 0.5) is 0 Å². The SMILES string of the molecule is Cc1ccc(Sc2nc(-c3ccc(Cl)cc3)c(CCC(N)=O)o2)cc1. The van der Waals surface area contributed by atoms with Crippen LogP contribution in [0, 0.1) is 6.92 Å². The number of nitrogens with zero attached hydrogens (tertiary/aromatic N) is 1. The van der Waals surface area contributed by atoms with Gasteiger partial charge in [-0.3, -0.25) is 4.79 Å². The molecule has 1 heterocycles. The van der Waals surface area contributed by atoms with E-state index < -0.39 is 0 Å². The minimum Gasteiger partial charge on any atom is -0.436 e. The number of oxazole rings is 1. The van der Waals surface area contributed by atoms with Crippen molar-refractivity contribution >= 4 is 29.3 Å². The van der Waals surface area contributed by atoms with Crippen LogP contribution in [0.1, 0.15) is 17.7 Å². The number of hydrogen-bond acceptors (Lipinski definition) is 4. The Balaban J connectivity index is 1.91. The first-order chi connectivity index (χ1) is 12.0. The topological polar surface area (TPSA) is 69.1 Å². The molecule has 0 bridgehead atoms. The fraction of sp³-hybridized carbons (Fsp3) is 0.158. The number of aromatic nitrogens is 1. The number of amides is 1. The maximum absolute atomic E-state index is 11.1. The lowest BCUT2D eigenvalue weighted by Gasteiger charge is -2.00. The number of carbonyl (C=O) groups is 1. The summed E-state index contributed by atoms with van der Waals surface area (Å²) in [6.45, 7) is 2.04. The van der Waals surface area contributed by atoms with Gasteiger partial charge in [-0.2, -0.15) is 0 Å². The maximum Gasteiger partial charge on any atom is 0.261 e. The molecule has 2 aromatic carbocycles. The van der Waals surface area contributed by atoms with E-state index in [9.17, 15) is 4.79 Å². The number of carbonyl (C=O) groups excluding carboxylic acids is 1. The predicted molar refractivity (Wildman–Crippen MR) is 99.8 cm³/mol. The molecule has 6 heteroatoms. The van der Waals surface area contributed by atoms with Crippen molar-refractivity contribution in [3.8, 4) is 11.3 Å². The lowest BCUT2D eigenvalue weighted by atomic mass is 10.1. The molecule has 0 spiro atoms. The third-order valence-electron chi connectivity index (χ3n) is 3.62. The number of primary amides is 1. The summed E-state index contributed by atoms with van der Waals surface area (Å²) < 4.78 is 5.90. The molecule has 0 radical (unpaired) electrons. The van der Waals surface area contributed by atoms with Gasteiger partial charge < -0.3 is 10.2 Å². The molecular weight excluding hydrogens is 356 g/mol. The Morgan fingerprint density at radius 2 is 1.84 bits per heavy atom. The van der Waals surface area contributed by atoms with Crippen LogP contribution in [0.2, 0.25) is 5.02 Å². The highest BCUT2D eigenvalue weighted by atomic mass is 35.5. The minimum absolute atomic E-state index is 0.213. The monoisotopic (exact) mass is 372 g/mol. The Hall–Kier alpha value is -2.24. The summed E-state index contributed by atoms with van der Waals surface area (Å²) in [5, 5.41) is 1.19. The summed E-state index contributed by atoms with van der Waals surface area (Å²) in [5.74, 6) is 0.280. The van der Waals surface area contributed by atoms with Crippen LogP contribution in [-0.2, 0) is 11.2 Å². The average Bonchev–Trinajstić information content (AvgIpc) is 2.98. The van der Waals surface area contributed by atoms with Crippen molar-refractivity contribution in [3.05, 3.63) is 64.9 Å². The minimum atomic E-state index is -0.369. The van der Waals surface area contributed by atoms with Crippen molar-refractivity contribution in [2.45, 2.75) is 29.9 Å². The summed E-state index contributed by atoms with van der Waals surface area (Å²) >= 11 is 7.40. The molecule has 1 aromatic heterocycles. The van der Waals surface area contributed by atoms with E-state index in [4.69, 9.17) is 21.8 Å². The van der Waals surface area contributed by atoms with Crippen LogP contribution in [0.3, 0.4) is 0 Å². The van der Waals surface area contributed by atoms with E-state index in [1.807, 2.05) is 43.3 Å². The van der Waals surface area contributed by atoms with Crippen LogP contribution in [-0.4, -0.2) is 10.9 Å². The van der Waals surface area contributed by atoms with Gasteiger partial charge in [0.15, 0.2) is 0 Å². The molecule has 128 valence electrons. The highest BCUT2D eigenvalue weighted by molar-refractivity contribution is 7.99. The highest BCUT2D eigenvalue weighted by Gasteiger charge is 2.16. The molecule has 0 saturated carbocycles. The molecule has 0 fully saturated rings. The van der Waals surface area contributed by atoms with E-state index in [0.29, 0.717) is 28.1 Å². The first-order valence-electron chi connectivity index (χ1n) is 7.80. The summed E-state index contributed by atoms with van der Waals surface area (Å²) in [5.41, 5.74) is 8.07. The average molecular weight is 373 g/mol. The Labute approximate surface area is 155 Å². The quantitative estimate of drug-likeness (QED) is 0.670.